The number of hydrogen-bond donors (Lipinski definition) is 2. The van der Waals surface area contributed by atoms with Crippen LogP contribution in [0.5, 0.6) is 0 Å². The maximum Gasteiger partial charge on any atom is 0.132 e. The van der Waals surface area contributed by atoms with E-state index in [0.717, 1.165) is 30.9 Å². The first-order valence-electron chi connectivity index (χ1n) is 6.61. The minimum atomic E-state index is 0.239. The molecule has 0 saturated heterocycles. The van der Waals surface area contributed by atoms with Crippen molar-refractivity contribution in [2.75, 3.05) is 11.4 Å². The van der Waals surface area contributed by atoms with Crippen LogP contribution in [0.3, 0.4) is 0 Å². The number of nitrogens with one attached hydrogen (secondary N) is 1. The lowest BCUT2D eigenvalue weighted by molar-refractivity contribution is 0.771. The zero-order valence-corrected chi connectivity index (χ0v) is 10.9. The van der Waals surface area contributed by atoms with E-state index < -0.39 is 0 Å². The lowest BCUT2D eigenvalue weighted by Crippen LogP contribution is -2.30. The van der Waals surface area contributed by atoms with Crippen LogP contribution >= 0.6 is 0 Å². The predicted molar refractivity (Wildman–Crippen MR) is 72.9 cm³/mol. The largest absolute Gasteiger partial charge is 0.388 e. The van der Waals surface area contributed by atoms with Crippen molar-refractivity contribution in [2.24, 2.45) is 5.73 Å². The van der Waals surface area contributed by atoms with E-state index in [1.54, 1.807) is 6.33 Å². The highest BCUT2D eigenvalue weighted by atomic mass is 15.2. The molecule has 18 heavy (non-hydrogen) atoms. The van der Waals surface area contributed by atoms with Gasteiger partial charge in [0.05, 0.1) is 5.84 Å². The molecular formula is C13H21N5. The van der Waals surface area contributed by atoms with Gasteiger partial charge < -0.3 is 10.6 Å². The molecule has 1 fully saturated rings. The lowest BCUT2D eigenvalue weighted by Gasteiger charge is -2.23. The fourth-order valence-electron chi connectivity index (χ4n) is 2.05. The Balaban J connectivity index is 2.09. The van der Waals surface area contributed by atoms with Crippen molar-refractivity contribution in [3.05, 3.63) is 18.1 Å². The van der Waals surface area contributed by atoms with Gasteiger partial charge in [0, 0.05) is 30.8 Å². The first-order chi connectivity index (χ1) is 8.70. The zero-order chi connectivity index (χ0) is 13.0. The monoisotopic (exact) mass is 247 g/mol. The van der Waals surface area contributed by atoms with E-state index in [0.29, 0.717) is 12.5 Å². The van der Waals surface area contributed by atoms with Crippen molar-refractivity contribution in [2.45, 2.75) is 45.1 Å². The van der Waals surface area contributed by atoms with Gasteiger partial charge in [-0.15, -0.1) is 0 Å². The molecule has 0 radical (unpaired) electrons. The molecule has 98 valence electrons. The summed E-state index contributed by atoms with van der Waals surface area (Å²) in [5, 5.41) is 7.34. The molecule has 3 N–H and O–H groups in total. The summed E-state index contributed by atoms with van der Waals surface area (Å²) < 4.78 is 0. The predicted octanol–water partition coefficient (Wildman–Crippen LogP) is 1.72. The molecule has 1 aliphatic rings. The number of hydrogen-bond acceptors (Lipinski definition) is 4. The molecule has 0 unspecified atom stereocenters. The quantitative estimate of drug-likeness (QED) is 0.568. The minimum absolute atomic E-state index is 0.239. The standard InChI is InChI=1S/C13H21N5/c1-2-3-10-8-13(17-9-16-10)18(11-4-5-11)7-6-12(14)15/h8-9,11H,2-7H2,1H3,(H3,14,15). The Bertz CT molecular complexity index is 414. The summed E-state index contributed by atoms with van der Waals surface area (Å²) in [7, 11) is 0. The molecule has 1 saturated carbocycles. The highest BCUT2D eigenvalue weighted by Crippen LogP contribution is 2.30. The molecular weight excluding hydrogens is 226 g/mol. The van der Waals surface area contributed by atoms with Crippen molar-refractivity contribution in [3.8, 4) is 0 Å². The van der Waals surface area contributed by atoms with Crippen LogP contribution in [0.25, 0.3) is 0 Å². The van der Waals surface area contributed by atoms with Crippen LogP contribution in [0.15, 0.2) is 12.4 Å². The second kappa shape index (κ2) is 5.80. The van der Waals surface area contributed by atoms with E-state index in [-0.39, 0.29) is 5.84 Å². The van der Waals surface area contributed by atoms with Crippen LogP contribution in [-0.2, 0) is 6.42 Å². The fraction of sp³-hybridized carbons (Fsp3) is 0.615. The summed E-state index contributed by atoms with van der Waals surface area (Å²) in [6.07, 6.45) is 6.75. The number of nitrogens with two attached hydrogens (primary N) is 1. The third-order valence-electron chi connectivity index (χ3n) is 3.12. The molecule has 1 aliphatic carbocycles. The molecule has 2 rings (SSSR count). The van der Waals surface area contributed by atoms with Gasteiger partial charge in [0.15, 0.2) is 0 Å². The Morgan fingerprint density at radius 2 is 2.28 bits per heavy atom. The maximum absolute atomic E-state index is 7.34. The second-order valence-corrected chi connectivity index (χ2v) is 4.82. The fourth-order valence-corrected chi connectivity index (χ4v) is 2.05. The van der Waals surface area contributed by atoms with Crippen molar-refractivity contribution in [3.63, 3.8) is 0 Å². The van der Waals surface area contributed by atoms with Gasteiger partial charge >= 0.3 is 0 Å². The first kappa shape index (κ1) is 12.8. The van der Waals surface area contributed by atoms with Gasteiger partial charge in [-0.25, -0.2) is 9.97 Å². The molecule has 1 heterocycles. The molecule has 0 bridgehead atoms. The Labute approximate surface area is 108 Å². The molecule has 5 nitrogen and oxygen atoms in total. The SMILES string of the molecule is CCCc1cc(N(CCC(=N)N)C2CC2)ncn1. The van der Waals surface area contributed by atoms with Gasteiger partial charge in [0.2, 0.25) is 0 Å². The molecule has 5 heteroatoms. The van der Waals surface area contributed by atoms with E-state index in [1.165, 1.54) is 12.8 Å². The maximum atomic E-state index is 7.34. The van der Waals surface area contributed by atoms with Gasteiger partial charge in [-0.3, -0.25) is 5.41 Å². The lowest BCUT2D eigenvalue weighted by atomic mass is 10.2. The van der Waals surface area contributed by atoms with Crippen molar-refractivity contribution in [1.82, 2.24) is 9.97 Å². The Hall–Kier alpha value is -1.65. The van der Waals surface area contributed by atoms with Crippen LogP contribution < -0.4 is 10.6 Å². The molecule has 0 spiro atoms. The third kappa shape index (κ3) is 3.42. The zero-order valence-electron chi connectivity index (χ0n) is 10.9. The van der Waals surface area contributed by atoms with Gasteiger partial charge in [-0.2, -0.15) is 0 Å². The van der Waals surface area contributed by atoms with Gasteiger partial charge in [-0.1, -0.05) is 13.3 Å². The highest BCUT2D eigenvalue weighted by molar-refractivity contribution is 5.77. The van der Waals surface area contributed by atoms with Crippen molar-refractivity contribution in [1.29, 1.82) is 5.41 Å². The number of aromatic nitrogens is 2. The molecule has 0 atom stereocenters. The summed E-state index contributed by atoms with van der Waals surface area (Å²) in [6.45, 7) is 2.93. The summed E-state index contributed by atoms with van der Waals surface area (Å²) in [5.74, 6) is 1.22. The molecule has 0 aliphatic heterocycles. The van der Waals surface area contributed by atoms with Crippen molar-refractivity contribution < 1.29 is 0 Å². The van der Waals surface area contributed by atoms with E-state index in [4.69, 9.17) is 11.1 Å². The van der Waals surface area contributed by atoms with E-state index >= 15 is 0 Å². The summed E-state index contributed by atoms with van der Waals surface area (Å²) in [5.41, 5.74) is 6.53. The Morgan fingerprint density at radius 3 is 2.89 bits per heavy atom. The second-order valence-electron chi connectivity index (χ2n) is 4.82. The number of anilines is 1. The summed E-state index contributed by atoms with van der Waals surface area (Å²) in [4.78, 5) is 10.9. The van der Waals surface area contributed by atoms with Crippen molar-refractivity contribution >= 4 is 11.7 Å². The van der Waals surface area contributed by atoms with Crippen LogP contribution in [0.1, 0.15) is 38.3 Å². The van der Waals surface area contributed by atoms with E-state index in [2.05, 4.69) is 27.9 Å². The average Bonchev–Trinajstić information content (AvgIpc) is 3.14. The number of aryl methyl sites for hydroxylation is 1. The molecule has 1 aromatic rings. The minimum Gasteiger partial charge on any atom is -0.388 e. The number of rotatable bonds is 7. The van der Waals surface area contributed by atoms with Crippen LogP contribution in [0, 0.1) is 5.41 Å². The smallest absolute Gasteiger partial charge is 0.132 e. The molecule has 0 aromatic carbocycles. The summed E-state index contributed by atoms with van der Waals surface area (Å²) >= 11 is 0. The topological polar surface area (TPSA) is 78.9 Å². The Morgan fingerprint density at radius 1 is 1.50 bits per heavy atom. The number of amidine groups is 1. The van der Waals surface area contributed by atoms with Gasteiger partial charge in [0.25, 0.3) is 0 Å². The van der Waals surface area contributed by atoms with Gasteiger partial charge in [0.1, 0.15) is 12.1 Å². The normalized spacial score (nSPS) is 14.5. The van der Waals surface area contributed by atoms with E-state index in [1.807, 2.05) is 0 Å². The number of nitrogens with zero attached hydrogens (tertiary/aromatic N) is 3. The molecule has 1 aromatic heterocycles. The summed E-state index contributed by atoms with van der Waals surface area (Å²) in [6, 6.07) is 2.65. The third-order valence-corrected chi connectivity index (χ3v) is 3.12. The van der Waals surface area contributed by atoms with Crippen LogP contribution in [0.2, 0.25) is 0 Å². The molecule has 0 amide bonds. The van der Waals surface area contributed by atoms with Crippen LogP contribution in [0.4, 0.5) is 5.82 Å². The van der Waals surface area contributed by atoms with Crippen LogP contribution in [-0.4, -0.2) is 28.4 Å². The average molecular weight is 247 g/mol. The van der Waals surface area contributed by atoms with Gasteiger partial charge in [-0.05, 0) is 19.3 Å². The Kier molecular flexibility index (Phi) is 4.12. The first-order valence-corrected chi connectivity index (χ1v) is 6.61. The highest BCUT2D eigenvalue weighted by Gasteiger charge is 2.29. The van der Waals surface area contributed by atoms with E-state index in [9.17, 15) is 0 Å².